The van der Waals surface area contributed by atoms with Crippen LogP contribution in [-0.2, 0) is 42.9 Å². The molecule has 28 heavy (non-hydrogen) atoms. The molecule has 0 saturated carbocycles. The summed E-state index contributed by atoms with van der Waals surface area (Å²) in [6.45, 7) is 5.92. The van der Waals surface area contributed by atoms with Crippen LogP contribution in [0.1, 0.15) is 53.4 Å². The molecule has 1 aliphatic rings. The smallest absolute Gasteiger partial charge is 0.306 e. The molecule has 0 aromatic carbocycles. The molecule has 1 saturated heterocycles. The van der Waals surface area contributed by atoms with E-state index in [1.807, 2.05) is 0 Å². The van der Waals surface area contributed by atoms with E-state index in [1.54, 1.807) is 27.7 Å². The summed E-state index contributed by atoms with van der Waals surface area (Å²) >= 11 is 0. The average molecular weight is 404 g/mol. The van der Waals surface area contributed by atoms with Crippen molar-refractivity contribution in [1.29, 1.82) is 0 Å². The lowest BCUT2D eigenvalue weighted by Gasteiger charge is -2.42. The Bertz CT molecular complexity index is 561. The van der Waals surface area contributed by atoms with Crippen LogP contribution >= 0.6 is 0 Å². The number of rotatable bonds is 9. The molecule has 0 unspecified atom stereocenters. The summed E-state index contributed by atoms with van der Waals surface area (Å²) in [5.41, 5.74) is 0. The summed E-state index contributed by atoms with van der Waals surface area (Å²) in [7, 11) is 0. The van der Waals surface area contributed by atoms with Crippen molar-refractivity contribution in [3.8, 4) is 0 Å². The van der Waals surface area contributed by atoms with E-state index in [4.69, 9.17) is 23.7 Å². The topological polar surface area (TPSA) is 135 Å². The molecule has 10 nitrogen and oxygen atoms in total. The maximum absolute atomic E-state index is 11.9. The van der Waals surface area contributed by atoms with Crippen molar-refractivity contribution in [1.82, 2.24) is 0 Å². The second-order valence-corrected chi connectivity index (χ2v) is 6.03. The fourth-order valence-corrected chi connectivity index (χ4v) is 2.41. The second-order valence-electron chi connectivity index (χ2n) is 6.03. The fraction of sp³-hybridized carbons (Fsp3) is 0.778. The number of esters is 4. The van der Waals surface area contributed by atoms with Crippen LogP contribution in [0.2, 0.25) is 0 Å². The Balaban J connectivity index is 3.17. The molecule has 1 fully saturated rings. The number of carbonyl (C=O) groups is 4. The van der Waals surface area contributed by atoms with Crippen LogP contribution in [0.4, 0.5) is 0 Å². The molecule has 10 heteroatoms. The summed E-state index contributed by atoms with van der Waals surface area (Å²) < 4.78 is 26.2. The highest BCUT2D eigenvalue weighted by Crippen LogP contribution is 2.28. The maximum atomic E-state index is 11.9. The third-order valence-corrected chi connectivity index (χ3v) is 3.98. The van der Waals surface area contributed by atoms with E-state index in [0.717, 1.165) is 0 Å². The molecule has 160 valence electrons. The van der Waals surface area contributed by atoms with E-state index in [0.29, 0.717) is 0 Å². The highest BCUT2D eigenvalue weighted by Gasteiger charge is 2.52. The minimum absolute atomic E-state index is 0.00578. The molecule has 1 rings (SSSR count). The summed E-state index contributed by atoms with van der Waals surface area (Å²) in [4.78, 5) is 47.0. The van der Waals surface area contributed by atoms with Gasteiger partial charge in [0.1, 0.15) is 12.7 Å². The summed E-state index contributed by atoms with van der Waals surface area (Å²) in [6.07, 6.45) is -6.62. The zero-order valence-electron chi connectivity index (χ0n) is 16.5. The Morgan fingerprint density at radius 3 is 1.61 bits per heavy atom. The summed E-state index contributed by atoms with van der Waals surface area (Å²) in [6, 6.07) is 0. The van der Waals surface area contributed by atoms with E-state index in [-0.39, 0.29) is 32.3 Å². The molecule has 0 bridgehead atoms. The second kappa shape index (κ2) is 11.6. The first-order valence-electron chi connectivity index (χ1n) is 9.34. The molecular formula is C18H28O10. The van der Waals surface area contributed by atoms with E-state index < -0.39 is 54.6 Å². The highest BCUT2D eigenvalue weighted by molar-refractivity contribution is 5.71. The van der Waals surface area contributed by atoms with Crippen molar-refractivity contribution in [2.24, 2.45) is 0 Å². The van der Waals surface area contributed by atoms with Gasteiger partial charge in [0.25, 0.3) is 0 Å². The van der Waals surface area contributed by atoms with Gasteiger partial charge in [-0.1, -0.05) is 27.7 Å². The minimum Gasteiger partial charge on any atom is -0.463 e. The standard InChI is InChI=1S/C18H28O10/c1-5-11(19)24-9-10-15(26-12(20)6-2)16(27-13(21)7-3)17(18(23)25-10)28-14(22)8-4/h10,15-18,23H,5-9H2,1-4H3/t10-,15-,16+,17-,18-/m1/s1. The maximum Gasteiger partial charge on any atom is 0.306 e. The van der Waals surface area contributed by atoms with Gasteiger partial charge in [0, 0.05) is 25.7 Å². The number of ether oxygens (including phenoxy) is 5. The van der Waals surface area contributed by atoms with Gasteiger partial charge in [-0.2, -0.15) is 0 Å². The van der Waals surface area contributed by atoms with Gasteiger partial charge in [-0.3, -0.25) is 19.2 Å². The lowest BCUT2D eigenvalue weighted by Crippen LogP contribution is -2.62. The Kier molecular flexibility index (Phi) is 9.88. The van der Waals surface area contributed by atoms with Crippen LogP contribution in [0.15, 0.2) is 0 Å². The van der Waals surface area contributed by atoms with E-state index in [1.165, 1.54) is 0 Å². The van der Waals surface area contributed by atoms with Gasteiger partial charge < -0.3 is 28.8 Å². The number of hydrogen-bond donors (Lipinski definition) is 1. The van der Waals surface area contributed by atoms with Crippen molar-refractivity contribution in [2.45, 2.75) is 84.1 Å². The van der Waals surface area contributed by atoms with E-state index >= 15 is 0 Å². The van der Waals surface area contributed by atoms with Crippen molar-refractivity contribution in [3.05, 3.63) is 0 Å². The normalized spacial score (nSPS) is 26.8. The molecule has 5 atom stereocenters. The average Bonchev–Trinajstić information content (AvgIpc) is 2.69. The molecule has 0 aliphatic carbocycles. The third kappa shape index (κ3) is 6.75. The first kappa shape index (κ1) is 23.8. The quantitative estimate of drug-likeness (QED) is 0.430. The number of aliphatic hydroxyl groups is 1. The molecule has 1 N–H and O–H groups in total. The Hall–Kier alpha value is -2.20. The lowest BCUT2D eigenvalue weighted by molar-refractivity contribution is -0.297. The molecule has 0 spiro atoms. The number of aliphatic hydroxyl groups excluding tert-OH is 1. The largest absolute Gasteiger partial charge is 0.463 e. The Morgan fingerprint density at radius 2 is 1.14 bits per heavy atom. The Morgan fingerprint density at radius 1 is 0.714 bits per heavy atom. The monoisotopic (exact) mass is 404 g/mol. The van der Waals surface area contributed by atoms with Crippen LogP contribution < -0.4 is 0 Å². The fourth-order valence-electron chi connectivity index (χ4n) is 2.41. The van der Waals surface area contributed by atoms with Gasteiger partial charge in [-0.05, 0) is 0 Å². The van der Waals surface area contributed by atoms with Crippen molar-refractivity contribution in [3.63, 3.8) is 0 Å². The Labute approximate surface area is 163 Å². The van der Waals surface area contributed by atoms with Crippen LogP contribution in [0.25, 0.3) is 0 Å². The first-order valence-corrected chi connectivity index (χ1v) is 9.34. The van der Waals surface area contributed by atoms with Gasteiger partial charge in [-0.25, -0.2) is 0 Å². The van der Waals surface area contributed by atoms with Crippen molar-refractivity contribution in [2.75, 3.05) is 6.61 Å². The molecule has 1 heterocycles. The molecule has 1 aliphatic heterocycles. The molecule has 0 amide bonds. The molecule has 0 aromatic rings. The van der Waals surface area contributed by atoms with Crippen molar-refractivity contribution >= 4 is 23.9 Å². The zero-order chi connectivity index (χ0) is 21.3. The van der Waals surface area contributed by atoms with Crippen LogP contribution in [0, 0.1) is 0 Å². The van der Waals surface area contributed by atoms with Gasteiger partial charge in [0.2, 0.25) is 0 Å². The predicted molar refractivity (Wildman–Crippen MR) is 92.6 cm³/mol. The first-order chi connectivity index (χ1) is 13.3. The lowest BCUT2D eigenvalue weighted by atomic mass is 9.98. The van der Waals surface area contributed by atoms with Crippen LogP contribution in [0.5, 0.6) is 0 Å². The minimum atomic E-state index is -1.67. The molecular weight excluding hydrogens is 376 g/mol. The van der Waals surface area contributed by atoms with Crippen LogP contribution in [0.3, 0.4) is 0 Å². The van der Waals surface area contributed by atoms with Crippen LogP contribution in [-0.4, -0.2) is 66.3 Å². The third-order valence-electron chi connectivity index (χ3n) is 3.98. The molecule has 0 aromatic heterocycles. The van der Waals surface area contributed by atoms with Gasteiger partial charge in [0.15, 0.2) is 24.6 Å². The summed E-state index contributed by atoms with van der Waals surface area (Å²) in [5, 5.41) is 10.3. The SMILES string of the molecule is CCC(=O)OC[C@H]1O[C@@H](O)[C@H](OC(=O)CC)[C@@H](OC(=O)CC)[C@@H]1OC(=O)CC. The zero-order valence-corrected chi connectivity index (χ0v) is 16.5. The van der Waals surface area contributed by atoms with Gasteiger partial charge in [-0.15, -0.1) is 0 Å². The highest BCUT2D eigenvalue weighted by atomic mass is 16.7. The van der Waals surface area contributed by atoms with Gasteiger partial charge >= 0.3 is 23.9 Å². The van der Waals surface area contributed by atoms with E-state index in [2.05, 4.69) is 0 Å². The molecule has 0 radical (unpaired) electrons. The van der Waals surface area contributed by atoms with E-state index in [9.17, 15) is 24.3 Å². The predicted octanol–water partition coefficient (Wildman–Crippen LogP) is 0.622. The number of hydrogen-bond acceptors (Lipinski definition) is 10. The van der Waals surface area contributed by atoms with Gasteiger partial charge in [0.05, 0.1) is 0 Å². The summed E-state index contributed by atoms with van der Waals surface area (Å²) in [5.74, 6) is -2.48. The number of carbonyl (C=O) groups excluding carboxylic acids is 4. The van der Waals surface area contributed by atoms with Crippen molar-refractivity contribution < 1.29 is 48.0 Å².